The number of nitrogens with one attached hydrogen (secondary N) is 2. The minimum Gasteiger partial charge on any atom is -0.411 e. The van der Waals surface area contributed by atoms with Crippen LogP contribution in [0.25, 0.3) is 11.5 Å². The summed E-state index contributed by atoms with van der Waals surface area (Å²) in [6, 6.07) is 10.8. The maximum absolute atomic E-state index is 12.1. The zero-order valence-corrected chi connectivity index (χ0v) is 17.0. The van der Waals surface area contributed by atoms with E-state index >= 15 is 0 Å². The number of carbonyl (C=O) groups excluding carboxylic acids is 2. The molecule has 0 atom stereocenters. The highest BCUT2D eigenvalue weighted by molar-refractivity contribution is 7.99. The summed E-state index contributed by atoms with van der Waals surface area (Å²) in [6.07, 6.45) is 0. The van der Waals surface area contributed by atoms with Crippen LogP contribution in [0.5, 0.6) is 0 Å². The Balaban J connectivity index is 1.60. The van der Waals surface area contributed by atoms with Crippen LogP contribution < -0.4 is 10.6 Å². The van der Waals surface area contributed by atoms with E-state index in [-0.39, 0.29) is 39.2 Å². The second-order valence-electron chi connectivity index (χ2n) is 5.89. The van der Waals surface area contributed by atoms with Crippen LogP contribution in [0, 0.1) is 10.1 Å². The lowest BCUT2D eigenvalue weighted by atomic mass is 10.2. The molecule has 12 heteroatoms. The first kappa shape index (κ1) is 21.3. The predicted octanol–water partition coefficient (Wildman–Crippen LogP) is 3.99. The molecule has 3 rings (SSSR count). The molecule has 0 fully saturated rings. The van der Waals surface area contributed by atoms with Gasteiger partial charge in [0.2, 0.25) is 17.7 Å². The molecule has 2 aromatic carbocycles. The minimum absolute atomic E-state index is 0.0421. The number of thioether (sulfide) groups is 1. The Hall–Kier alpha value is -3.44. The average molecular weight is 448 g/mol. The quantitative estimate of drug-likeness (QED) is 0.314. The largest absolute Gasteiger partial charge is 0.411 e. The monoisotopic (exact) mass is 447 g/mol. The number of hydrogen-bond donors (Lipinski definition) is 2. The molecule has 2 N–H and O–H groups in total. The number of aromatic nitrogens is 2. The van der Waals surface area contributed by atoms with E-state index in [0.29, 0.717) is 11.3 Å². The van der Waals surface area contributed by atoms with Crippen molar-refractivity contribution in [2.24, 2.45) is 0 Å². The number of amides is 2. The Kier molecular flexibility index (Phi) is 6.65. The van der Waals surface area contributed by atoms with Crippen molar-refractivity contribution in [2.75, 3.05) is 16.4 Å². The second kappa shape index (κ2) is 9.37. The third kappa shape index (κ3) is 5.55. The van der Waals surface area contributed by atoms with Crippen LogP contribution in [0.4, 0.5) is 17.1 Å². The third-order valence-electron chi connectivity index (χ3n) is 3.62. The first-order valence-corrected chi connectivity index (χ1v) is 9.76. The van der Waals surface area contributed by atoms with E-state index in [9.17, 15) is 19.7 Å². The number of hydrogen-bond acceptors (Lipinski definition) is 8. The van der Waals surface area contributed by atoms with Crippen LogP contribution in [-0.4, -0.2) is 32.7 Å². The molecule has 0 bridgehead atoms. The maximum Gasteiger partial charge on any atom is 0.294 e. The number of rotatable bonds is 7. The Morgan fingerprint density at radius 1 is 1.17 bits per heavy atom. The maximum atomic E-state index is 12.1. The van der Waals surface area contributed by atoms with Gasteiger partial charge >= 0.3 is 0 Å². The second-order valence-corrected chi connectivity index (χ2v) is 7.25. The normalized spacial score (nSPS) is 10.5. The molecule has 1 aromatic heterocycles. The van der Waals surface area contributed by atoms with E-state index in [1.165, 1.54) is 19.1 Å². The average Bonchev–Trinajstić information content (AvgIpc) is 3.17. The van der Waals surface area contributed by atoms with Gasteiger partial charge in [-0.2, -0.15) is 0 Å². The van der Waals surface area contributed by atoms with E-state index in [1.54, 1.807) is 24.3 Å². The fraction of sp³-hybridized carbons (Fsp3) is 0.111. The van der Waals surface area contributed by atoms with Crippen molar-refractivity contribution in [1.29, 1.82) is 0 Å². The van der Waals surface area contributed by atoms with Gasteiger partial charge in [0.25, 0.3) is 10.9 Å². The molecule has 10 nitrogen and oxygen atoms in total. The van der Waals surface area contributed by atoms with Crippen LogP contribution in [-0.2, 0) is 9.59 Å². The highest BCUT2D eigenvalue weighted by Crippen LogP contribution is 2.28. The summed E-state index contributed by atoms with van der Waals surface area (Å²) < 4.78 is 5.52. The fourth-order valence-corrected chi connectivity index (χ4v) is 3.09. The number of nitro benzene ring substituents is 1. The van der Waals surface area contributed by atoms with Crippen molar-refractivity contribution >= 4 is 52.2 Å². The number of benzene rings is 2. The van der Waals surface area contributed by atoms with Crippen LogP contribution >= 0.6 is 23.4 Å². The highest BCUT2D eigenvalue weighted by atomic mass is 35.5. The molecule has 154 valence electrons. The third-order valence-corrected chi connectivity index (χ3v) is 4.67. The number of nitro groups is 1. The SMILES string of the molecule is CC(=O)Nc1ccc(-c2nnc(SCC(=O)Nc3ccc(Cl)cc3[N+](=O)[O-])o2)cc1. The van der Waals surface area contributed by atoms with E-state index in [2.05, 4.69) is 20.8 Å². The van der Waals surface area contributed by atoms with Crippen molar-refractivity contribution in [1.82, 2.24) is 10.2 Å². The van der Waals surface area contributed by atoms with Crippen LogP contribution in [0.3, 0.4) is 0 Å². The molecular formula is C18H14ClN5O5S. The van der Waals surface area contributed by atoms with E-state index in [1.807, 2.05) is 0 Å². The molecule has 1 heterocycles. The first-order chi connectivity index (χ1) is 14.3. The van der Waals surface area contributed by atoms with Gasteiger partial charge < -0.3 is 15.1 Å². The first-order valence-electron chi connectivity index (χ1n) is 8.40. The summed E-state index contributed by atoms with van der Waals surface area (Å²) in [6.45, 7) is 1.41. The standard InChI is InChI=1S/C18H14ClN5O5S/c1-10(25)20-13-5-2-11(3-6-13)17-22-23-18(29-17)30-9-16(26)21-14-7-4-12(19)8-15(14)24(27)28/h2-8H,9H2,1H3,(H,20,25)(H,21,26). The summed E-state index contributed by atoms with van der Waals surface area (Å²) in [5, 5.41) is 24.4. The molecule has 3 aromatic rings. The summed E-state index contributed by atoms with van der Waals surface area (Å²) in [4.78, 5) is 33.6. The molecule has 0 saturated carbocycles. The molecule has 0 aliphatic carbocycles. The van der Waals surface area contributed by atoms with Crippen molar-refractivity contribution in [3.8, 4) is 11.5 Å². The van der Waals surface area contributed by atoms with Crippen LogP contribution in [0.15, 0.2) is 52.1 Å². The number of anilines is 2. The molecule has 0 spiro atoms. The van der Waals surface area contributed by atoms with Gasteiger partial charge in [-0.1, -0.05) is 23.4 Å². The molecule has 2 amide bonds. The molecule has 0 unspecified atom stereocenters. The zero-order valence-electron chi connectivity index (χ0n) is 15.4. The predicted molar refractivity (Wildman–Crippen MR) is 111 cm³/mol. The smallest absolute Gasteiger partial charge is 0.294 e. The topological polar surface area (TPSA) is 140 Å². The lowest BCUT2D eigenvalue weighted by Crippen LogP contribution is -2.15. The molecule has 0 radical (unpaired) electrons. The van der Waals surface area contributed by atoms with E-state index in [0.717, 1.165) is 17.8 Å². The number of carbonyl (C=O) groups is 2. The van der Waals surface area contributed by atoms with Gasteiger partial charge in [-0.3, -0.25) is 19.7 Å². The number of halogens is 1. The van der Waals surface area contributed by atoms with Gasteiger partial charge in [0, 0.05) is 29.3 Å². The van der Waals surface area contributed by atoms with Crippen molar-refractivity contribution in [2.45, 2.75) is 12.1 Å². The Morgan fingerprint density at radius 3 is 2.57 bits per heavy atom. The summed E-state index contributed by atoms with van der Waals surface area (Å²) in [5.74, 6) is -0.505. The lowest BCUT2D eigenvalue weighted by Gasteiger charge is -2.05. The van der Waals surface area contributed by atoms with Gasteiger partial charge in [-0.15, -0.1) is 10.2 Å². The Morgan fingerprint density at radius 2 is 1.90 bits per heavy atom. The molecule has 0 saturated heterocycles. The van der Waals surface area contributed by atoms with E-state index in [4.69, 9.17) is 16.0 Å². The summed E-state index contributed by atoms with van der Waals surface area (Å²) in [5.41, 5.74) is 1.02. The molecule has 30 heavy (non-hydrogen) atoms. The van der Waals surface area contributed by atoms with Gasteiger partial charge in [0.1, 0.15) is 5.69 Å². The number of nitrogens with zero attached hydrogens (tertiary/aromatic N) is 3. The Bertz CT molecular complexity index is 1100. The van der Waals surface area contributed by atoms with Gasteiger partial charge in [0.15, 0.2) is 0 Å². The fourth-order valence-electron chi connectivity index (χ4n) is 2.36. The van der Waals surface area contributed by atoms with Crippen molar-refractivity contribution in [3.05, 3.63) is 57.6 Å². The summed E-state index contributed by atoms with van der Waals surface area (Å²) >= 11 is 6.74. The molecule has 0 aliphatic rings. The van der Waals surface area contributed by atoms with E-state index < -0.39 is 10.8 Å². The van der Waals surface area contributed by atoms with Gasteiger partial charge in [0.05, 0.1) is 10.7 Å². The van der Waals surface area contributed by atoms with Gasteiger partial charge in [-0.25, -0.2) is 0 Å². The lowest BCUT2D eigenvalue weighted by molar-refractivity contribution is -0.383. The minimum atomic E-state index is -0.629. The van der Waals surface area contributed by atoms with Crippen molar-refractivity contribution < 1.29 is 18.9 Å². The zero-order chi connectivity index (χ0) is 21.7. The van der Waals surface area contributed by atoms with Crippen molar-refractivity contribution in [3.63, 3.8) is 0 Å². The summed E-state index contributed by atoms with van der Waals surface area (Å²) in [7, 11) is 0. The van der Waals surface area contributed by atoms with Crippen LogP contribution in [0.1, 0.15) is 6.92 Å². The Labute approximate surface area is 179 Å². The molecular weight excluding hydrogens is 434 g/mol. The van der Waals surface area contributed by atoms with Gasteiger partial charge in [-0.05, 0) is 36.4 Å². The highest BCUT2D eigenvalue weighted by Gasteiger charge is 2.17. The molecule has 0 aliphatic heterocycles. The van der Waals surface area contributed by atoms with Crippen LogP contribution in [0.2, 0.25) is 5.02 Å².